The Morgan fingerprint density at radius 3 is 2.69 bits per heavy atom. The van der Waals surface area contributed by atoms with Gasteiger partial charge in [0.05, 0.1) is 22.7 Å². The molecular formula is C16H18F3N5OS. The van der Waals surface area contributed by atoms with Gasteiger partial charge in [-0.3, -0.25) is 9.89 Å². The Kier molecular flexibility index (Phi) is 5.70. The average Bonchev–Trinajstić information content (AvgIpc) is 3.13. The van der Waals surface area contributed by atoms with E-state index in [0.717, 1.165) is 56.2 Å². The van der Waals surface area contributed by atoms with E-state index >= 15 is 0 Å². The van der Waals surface area contributed by atoms with Crippen molar-refractivity contribution < 1.29 is 18.0 Å². The van der Waals surface area contributed by atoms with Crippen molar-refractivity contribution in [1.29, 1.82) is 0 Å². The van der Waals surface area contributed by atoms with Gasteiger partial charge in [-0.2, -0.15) is 18.3 Å². The van der Waals surface area contributed by atoms with Crippen LogP contribution in [0.3, 0.4) is 0 Å². The minimum atomic E-state index is -4.46. The topological polar surface area (TPSA) is 73.9 Å². The number of piperidine rings is 1. The van der Waals surface area contributed by atoms with Crippen LogP contribution in [0.2, 0.25) is 0 Å². The van der Waals surface area contributed by atoms with Crippen LogP contribution in [0.4, 0.5) is 24.5 Å². The van der Waals surface area contributed by atoms with Crippen LogP contribution in [0.5, 0.6) is 0 Å². The molecule has 3 rings (SSSR count). The predicted octanol–water partition coefficient (Wildman–Crippen LogP) is 3.54. The zero-order chi connectivity index (χ0) is 18.6. The number of rotatable bonds is 5. The summed E-state index contributed by atoms with van der Waals surface area (Å²) < 4.78 is 39.2. The monoisotopic (exact) mass is 385 g/mol. The number of alkyl halides is 3. The van der Waals surface area contributed by atoms with E-state index in [2.05, 4.69) is 20.5 Å². The highest BCUT2D eigenvalue weighted by molar-refractivity contribution is 7.99. The maximum atomic E-state index is 13.1. The van der Waals surface area contributed by atoms with Gasteiger partial charge in [0.15, 0.2) is 5.16 Å². The van der Waals surface area contributed by atoms with E-state index in [1.807, 2.05) is 4.90 Å². The highest BCUT2D eigenvalue weighted by Gasteiger charge is 2.31. The summed E-state index contributed by atoms with van der Waals surface area (Å²) in [6, 6.07) is 3.50. The molecule has 10 heteroatoms. The van der Waals surface area contributed by atoms with Crippen LogP contribution >= 0.6 is 11.8 Å². The fourth-order valence-electron chi connectivity index (χ4n) is 2.81. The van der Waals surface area contributed by atoms with Gasteiger partial charge in [0, 0.05) is 13.1 Å². The van der Waals surface area contributed by atoms with Crippen LogP contribution in [0.25, 0.3) is 0 Å². The van der Waals surface area contributed by atoms with Gasteiger partial charge in [0.2, 0.25) is 5.91 Å². The molecule has 1 aliphatic heterocycles. The Morgan fingerprint density at radius 1 is 1.27 bits per heavy atom. The van der Waals surface area contributed by atoms with Crippen LogP contribution in [-0.2, 0) is 11.0 Å². The molecule has 1 fully saturated rings. The third-order valence-electron chi connectivity index (χ3n) is 4.03. The minimum absolute atomic E-state index is 0.0187. The standard InChI is InChI=1S/C16H18F3N5OS/c17-16(18,19)11-4-5-13(24-6-2-1-3-7-24)12(8-11)22-14(25)9-26-15-20-10-21-23-15/h4-5,8,10H,1-3,6-7,9H2,(H,22,25)(H,20,21,23). The smallest absolute Gasteiger partial charge is 0.370 e. The summed E-state index contributed by atoms with van der Waals surface area (Å²) in [5, 5.41) is 9.38. The van der Waals surface area contributed by atoms with Crippen molar-refractivity contribution in [3.8, 4) is 0 Å². The van der Waals surface area contributed by atoms with E-state index in [1.165, 1.54) is 12.4 Å². The second-order valence-corrected chi connectivity index (χ2v) is 6.87. The zero-order valence-corrected chi connectivity index (χ0v) is 14.7. The lowest BCUT2D eigenvalue weighted by Gasteiger charge is -2.31. The number of carbonyl (C=O) groups is 1. The molecule has 0 unspecified atom stereocenters. The molecular weight excluding hydrogens is 367 g/mol. The Morgan fingerprint density at radius 2 is 2.04 bits per heavy atom. The number of carbonyl (C=O) groups excluding carboxylic acids is 1. The molecule has 1 saturated heterocycles. The highest BCUT2D eigenvalue weighted by atomic mass is 32.2. The van der Waals surface area contributed by atoms with Crippen molar-refractivity contribution in [1.82, 2.24) is 15.2 Å². The summed E-state index contributed by atoms with van der Waals surface area (Å²) in [5.74, 6) is -0.380. The molecule has 1 amide bonds. The first-order chi connectivity index (χ1) is 12.4. The van der Waals surface area contributed by atoms with Gasteiger partial charge in [-0.1, -0.05) is 11.8 Å². The van der Waals surface area contributed by atoms with E-state index in [9.17, 15) is 18.0 Å². The average molecular weight is 385 g/mol. The largest absolute Gasteiger partial charge is 0.416 e. The van der Waals surface area contributed by atoms with Crippen LogP contribution in [0, 0.1) is 0 Å². The van der Waals surface area contributed by atoms with Gasteiger partial charge < -0.3 is 10.2 Å². The molecule has 0 saturated carbocycles. The van der Waals surface area contributed by atoms with Gasteiger partial charge in [0.1, 0.15) is 6.33 Å². The molecule has 1 aromatic heterocycles. The molecule has 6 nitrogen and oxygen atoms in total. The number of amides is 1. The van der Waals surface area contributed by atoms with Gasteiger partial charge >= 0.3 is 6.18 Å². The SMILES string of the molecule is O=C(CSc1ncn[nH]1)Nc1cc(C(F)(F)F)ccc1N1CCCCC1. The molecule has 0 bridgehead atoms. The zero-order valence-electron chi connectivity index (χ0n) is 13.8. The molecule has 1 aromatic carbocycles. The molecule has 2 aromatic rings. The Balaban J connectivity index is 1.78. The molecule has 0 radical (unpaired) electrons. The summed E-state index contributed by atoms with van der Waals surface area (Å²) >= 11 is 1.13. The van der Waals surface area contributed by atoms with Crippen LogP contribution in [0.1, 0.15) is 24.8 Å². The van der Waals surface area contributed by atoms with Crippen LogP contribution in [-0.4, -0.2) is 39.9 Å². The first-order valence-corrected chi connectivity index (χ1v) is 9.16. The second-order valence-electron chi connectivity index (χ2n) is 5.90. The normalized spacial score (nSPS) is 15.1. The fraction of sp³-hybridized carbons (Fsp3) is 0.438. The predicted molar refractivity (Wildman–Crippen MR) is 93.2 cm³/mol. The second kappa shape index (κ2) is 7.98. The molecule has 140 valence electrons. The Hall–Kier alpha value is -2.23. The third kappa shape index (κ3) is 4.69. The maximum absolute atomic E-state index is 13.1. The van der Waals surface area contributed by atoms with Crippen molar-refractivity contribution in [2.24, 2.45) is 0 Å². The molecule has 26 heavy (non-hydrogen) atoms. The number of hydrogen-bond acceptors (Lipinski definition) is 5. The summed E-state index contributed by atoms with van der Waals surface area (Å²) in [4.78, 5) is 18.1. The van der Waals surface area contributed by atoms with E-state index in [1.54, 1.807) is 0 Å². The van der Waals surface area contributed by atoms with Crippen molar-refractivity contribution in [3.05, 3.63) is 30.1 Å². The van der Waals surface area contributed by atoms with E-state index < -0.39 is 17.6 Å². The maximum Gasteiger partial charge on any atom is 0.416 e. The van der Waals surface area contributed by atoms with Gasteiger partial charge in [0.25, 0.3) is 0 Å². The lowest BCUT2D eigenvalue weighted by atomic mass is 10.1. The van der Waals surface area contributed by atoms with Gasteiger partial charge in [-0.25, -0.2) is 4.98 Å². The molecule has 2 heterocycles. The number of anilines is 2. The summed E-state index contributed by atoms with van der Waals surface area (Å²) in [7, 11) is 0. The number of halogens is 3. The number of aromatic nitrogens is 3. The third-order valence-corrected chi connectivity index (χ3v) is 4.90. The van der Waals surface area contributed by atoms with Crippen LogP contribution in [0.15, 0.2) is 29.7 Å². The summed E-state index contributed by atoms with van der Waals surface area (Å²) in [6.07, 6.45) is -0.0752. The first-order valence-electron chi connectivity index (χ1n) is 8.18. The van der Waals surface area contributed by atoms with Crippen molar-refractivity contribution in [3.63, 3.8) is 0 Å². The number of H-pyrrole nitrogens is 1. The van der Waals surface area contributed by atoms with E-state index in [4.69, 9.17) is 0 Å². The Bertz CT molecular complexity index is 745. The Labute approximate surface area is 152 Å². The summed E-state index contributed by atoms with van der Waals surface area (Å²) in [6.45, 7) is 1.53. The van der Waals surface area contributed by atoms with Crippen molar-refractivity contribution >= 4 is 29.0 Å². The number of aromatic amines is 1. The summed E-state index contributed by atoms with van der Waals surface area (Å²) in [5.41, 5.74) is 0.0251. The first kappa shape index (κ1) is 18.6. The lowest BCUT2D eigenvalue weighted by Crippen LogP contribution is -2.30. The number of benzene rings is 1. The minimum Gasteiger partial charge on any atom is -0.370 e. The number of nitrogens with one attached hydrogen (secondary N) is 2. The number of nitrogens with zero attached hydrogens (tertiary/aromatic N) is 3. The molecule has 0 spiro atoms. The molecule has 1 aliphatic rings. The number of hydrogen-bond donors (Lipinski definition) is 2. The molecule has 0 aliphatic carbocycles. The molecule has 0 atom stereocenters. The van der Waals surface area contributed by atoms with Crippen molar-refractivity contribution in [2.75, 3.05) is 29.1 Å². The van der Waals surface area contributed by atoms with Gasteiger partial charge in [-0.05, 0) is 37.5 Å². The van der Waals surface area contributed by atoms with Crippen molar-refractivity contribution in [2.45, 2.75) is 30.6 Å². The highest BCUT2D eigenvalue weighted by Crippen LogP contribution is 2.36. The quantitative estimate of drug-likeness (QED) is 0.770. The number of thioether (sulfide) groups is 1. The lowest BCUT2D eigenvalue weighted by molar-refractivity contribution is -0.137. The van der Waals surface area contributed by atoms with E-state index in [-0.39, 0.29) is 11.4 Å². The van der Waals surface area contributed by atoms with Gasteiger partial charge in [-0.15, -0.1) is 0 Å². The molecule has 2 N–H and O–H groups in total. The van der Waals surface area contributed by atoms with Crippen LogP contribution < -0.4 is 10.2 Å². The van der Waals surface area contributed by atoms with E-state index in [0.29, 0.717) is 10.8 Å². The fourth-order valence-corrected chi connectivity index (χ4v) is 3.39.